The molecule has 0 aliphatic rings. The van der Waals surface area contributed by atoms with E-state index in [1.165, 1.54) is 12.1 Å². The molecule has 0 bridgehead atoms. The maximum atomic E-state index is 13.3. The van der Waals surface area contributed by atoms with E-state index in [1.54, 1.807) is 13.8 Å². The lowest BCUT2D eigenvalue weighted by Crippen LogP contribution is -2.16. The van der Waals surface area contributed by atoms with Gasteiger partial charge in [-0.05, 0) is 37.6 Å². The highest BCUT2D eigenvalue weighted by Gasteiger charge is 2.18. The molecule has 0 aromatic heterocycles. The lowest BCUT2D eigenvalue weighted by molar-refractivity contribution is 0.0925. The molecular formula is C12H15ClFNO. The highest BCUT2D eigenvalue weighted by Crippen LogP contribution is 2.23. The minimum absolute atomic E-state index is 0.158. The van der Waals surface area contributed by atoms with Gasteiger partial charge in [0.15, 0.2) is 5.78 Å². The van der Waals surface area contributed by atoms with Crippen LogP contribution >= 0.6 is 11.6 Å². The van der Waals surface area contributed by atoms with E-state index in [4.69, 9.17) is 17.3 Å². The number of hydrogen-bond acceptors (Lipinski definition) is 2. The maximum absolute atomic E-state index is 13.3. The molecule has 2 N–H and O–H groups in total. The number of aryl methyl sites for hydroxylation is 1. The lowest BCUT2D eigenvalue weighted by atomic mass is 9.95. The van der Waals surface area contributed by atoms with Crippen LogP contribution in [0.15, 0.2) is 12.1 Å². The van der Waals surface area contributed by atoms with Crippen LogP contribution in [0, 0.1) is 18.7 Å². The first-order valence-electron chi connectivity index (χ1n) is 5.17. The largest absolute Gasteiger partial charge is 0.330 e. The molecule has 1 aromatic rings. The first-order valence-corrected chi connectivity index (χ1v) is 5.55. The van der Waals surface area contributed by atoms with E-state index in [0.29, 0.717) is 23.6 Å². The Morgan fingerprint density at radius 3 is 2.75 bits per heavy atom. The van der Waals surface area contributed by atoms with Crippen molar-refractivity contribution in [2.75, 3.05) is 6.54 Å². The fourth-order valence-corrected chi connectivity index (χ4v) is 1.79. The van der Waals surface area contributed by atoms with E-state index >= 15 is 0 Å². The summed E-state index contributed by atoms with van der Waals surface area (Å²) in [7, 11) is 0. The second-order valence-electron chi connectivity index (χ2n) is 3.92. The zero-order valence-electron chi connectivity index (χ0n) is 9.39. The minimum Gasteiger partial charge on any atom is -0.330 e. The van der Waals surface area contributed by atoms with Gasteiger partial charge in [0.25, 0.3) is 0 Å². The highest BCUT2D eigenvalue weighted by molar-refractivity contribution is 6.34. The van der Waals surface area contributed by atoms with Gasteiger partial charge in [0.05, 0.1) is 5.02 Å². The smallest absolute Gasteiger partial charge is 0.167 e. The normalized spacial score (nSPS) is 12.6. The summed E-state index contributed by atoms with van der Waals surface area (Å²) in [6.07, 6.45) is 0.574. The molecule has 0 heterocycles. The summed E-state index contributed by atoms with van der Waals surface area (Å²) in [5.41, 5.74) is 6.06. The van der Waals surface area contributed by atoms with Gasteiger partial charge in [-0.2, -0.15) is 0 Å². The molecule has 0 radical (unpaired) electrons. The van der Waals surface area contributed by atoms with Crippen molar-refractivity contribution in [2.45, 2.75) is 20.3 Å². The van der Waals surface area contributed by atoms with Crippen LogP contribution in [0.1, 0.15) is 29.3 Å². The summed E-state index contributed by atoms with van der Waals surface area (Å²) >= 11 is 5.92. The molecule has 0 saturated carbocycles. The summed E-state index contributed by atoms with van der Waals surface area (Å²) in [5.74, 6) is -0.799. The predicted molar refractivity (Wildman–Crippen MR) is 63.3 cm³/mol. The van der Waals surface area contributed by atoms with Crippen LogP contribution in [-0.2, 0) is 0 Å². The van der Waals surface area contributed by atoms with Crippen LogP contribution in [0.3, 0.4) is 0 Å². The lowest BCUT2D eigenvalue weighted by Gasteiger charge is -2.11. The fourth-order valence-electron chi connectivity index (χ4n) is 1.48. The molecule has 4 heteroatoms. The number of nitrogens with two attached hydrogens (primary N) is 1. The van der Waals surface area contributed by atoms with E-state index in [-0.39, 0.29) is 17.3 Å². The molecule has 88 valence electrons. The molecule has 1 unspecified atom stereocenters. The fraction of sp³-hybridized carbons (Fsp3) is 0.417. The third-order valence-electron chi connectivity index (χ3n) is 2.56. The number of carbonyl (C=O) groups is 1. The molecule has 0 amide bonds. The van der Waals surface area contributed by atoms with Crippen molar-refractivity contribution in [1.29, 1.82) is 0 Å². The highest BCUT2D eigenvalue weighted by atomic mass is 35.5. The average molecular weight is 244 g/mol. The van der Waals surface area contributed by atoms with Gasteiger partial charge in [-0.1, -0.05) is 18.5 Å². The Morgan fingerprint density at radius 2 is 2.19 bits per heavy atom. The van der Waals surface area contributed by atoms with Crippen molar-refractivity contribution in [3.63, 3.8) is 0 Å². The Kier molecular flexibility index (Phi) is 4.44. The Morgan fingerprint density at radius 1 is 1.56 bits per heavy atom. The predicted octanol–water partition coefficient (Wildman–Crippen LogP) is 2.96. The van der Waals surface area contributed by atoms with Gasteiger partial charge in [0.2, 0.25) is 0 Å². The van der Waals surface area contributed by atoms with Gasteiger partial charge < -0.3 is 5.73 Å². The van der Waals surface area contributed by atoms with E-state index < -0.39 is 5.82 Å². The van der Waals surface area contributed by atoms with E-state index in [1.807, 2.05) is 0 Å². The van der Waals surface area contributed by atoms with Crippen LogP contribution in [0.25, 0.3) is 0 Å². The summed E-state index contributed by atoms with van der Waals surface area (Å²) in [4.78, 5) is 11.9. The molecule has 2 nitrogen and oxygen atoms in total. The van der Waals surface area contributed by atoms with Crippen LogP contribution < -0.4 is 5.73 Å². The van der Waals surface area contributed by atoms with Gasteiger partial charge in [0, 0.05) is 11.5 Å². The second kappa shape index (κ2) is 5.41. The summed E-state index contributed by atoms with van der Waals surface area (Å²) in [6.45, 7) is 3.81. The van der Waals surface area contributed by atoms with Crippen LogP contribution in [0.5, 0.6) is 0 Å². The SMILES string of the molecule is Cc1cc(Cl)c(C(=O)C(C)CCN)cc1F. The Bertz CT molecular complexity index is 406. The number of rotatable bonds is 4. The van der Waals surface area contributed by atoms with E-state index in [2.05, 4.69) is 0 Å². The molecule has 0 aliphatic heterocycles. The molecule has 0 spiro atoms. The number of halogens is 2. The monoisotopic (exact) mass is 243 g/mol. The van der Waals surface area contributed by atoms with Gasteiger partial charge in [-0.15, -0.1) is 0 Å². The molecule has 0 aliphatic carbocycles. The maximum Gasteiger partial charge on any atom is 0.167 e. The first kappa shape index (κ1) is 13.1. The van der Waals surface area contributed by atoms with Crippen molar-refractivity contribution in [3.05, 3.63) is 34.1 Å². The standard InChI is InChI=1S/C12H15ClFNO/c1-7(3-4-15)12(16)9-6-11(14)8(2)5-10(9)13/h5-7H,3-4,15H2,1-2H3. The molecule has 0 fully saturated rings. The number of benzene rings is 1. The zero-order chi connectivity index (χ0) is 12.3. The van der Waals surface area contributed by atoms with Gasteiger partial charge >= 0.3 is 0 Å². The molecule has 1 aromatic carbocycles. The number of Topliss-reactive ketones (excluding diaryl/α,β-unsaturated/α-hetero) is 1. The van der Waals surface area contributed by atoms with Gasteiger partial charge in [0.1, 0.15) is 5.82 Å². The van der Waals surface area contributed by atoms with Crippen molar-refractivity contribution >= 4 is 17.4 Å². The van der Waals surface area contributed by atoms with Crippen molar-refractivity contribution in [3.8, 4) is 0 Å². The topological polar surface area (TPSA) is 43.1 Å². The first-order chi connectivity index (χ1) is 7.47. The number of ketones is 1. The van der Waals surface area contributed by atoms with Crippen LogP contribution in [0.2, 0.25) is 5.02 Å². The van der Waals surface area contributed by atoms with Crippen LogP contribution in [-0.4, -0.2) is 12.3 Å². The van der Waals surface area contributed by atoms with Crippen molar-refractivity contribution in [2.24, 2.45) is 11.7 Å². The third-order valence-corrected chi connectivity index (χ3v) is 2.87. The third kappa shape index (κ3) is 2.80. The van der Waals surface area contributed by atoms with Gasteiger partial charge in [-0.25, -0.2) is 4.39 Å². The quantitative estimate of drug-likeness (QED) is 0.827. The second-order valence-corrected chi connectivity index (χ2v) is 4.33. The Hall–Kier alpha value is -0.930. The summed E-state index contributed by atoms with van der Waals surface area (Å²) < 4.78 is 13.3. The number of hydrogen-bond donors (Lipinski definition) is 1. The Labute approximate surface area is 99.6 Å². The molecule has 16 heavy (non-hydrogen) atoms. The molecule has 1 atom stereocenters. The Balaban J connectivity index is 3.04. The summed E-state index contributed by atoms with van der Waals surface area (Å²) in [6, 6.07) is 2.67. The average Bonchev–Trinajstić information content (AvgIpc) is 2.23. The molecule has 1 rings (SSSR count). The van der Waals surface area contributed by atoms with Crippen molar-refractivity contribution in [1.82, 2.24) is 0 Å². The van der Waals surface area contributed by atoms with Crippen molar-refractivity contribution < 1.29 is 9.18 Å². The number of carbonyl (C=O) groups excluding carboxylic acids is 1. The van der Waals surface area contributed by atoms with E-state index in [9.17, 15) is 9.18 Å². The van der Waals surface area contributed by atoms with Crippen LogP contribution in [0.4, 0.5) is 4.39 Å². The zero-order valence-corrected chi connectivity index (χ0v) is 10.1. The minimum atomic E-state index is -0.410. The molecular weight excluding hydrogens is 229 g/mol. The molecule has 0 saturated heterocycles. The van der Waals surface area contributed by atoms with Gasteiger partial charge in [-0.3, -0.25) is 4.79 Å². The summed E-state index contributed by atoms with van der Waals surface area (Å²) in [5, 5.41) is 0.299. The van der Waals surface area contributed by atoms with E-state index in [0.717, 1.165) is 0 Å².